The maximum absolute atomic E-state index is 12.2. The van der Waals surface area contributed by atoms with E-state index in [9.17, 15) is 4.79 Å². The van der Waals surface area contributed by atoms with E-state index >= 15 is 0 Å². The average Bonchev–Trinajstić information content (AvgIpc) is 2.79. The molecule has 2 N–H and O–H groups in total. The minimum atomic E-state index is 0.105. The molecule has 2 aliphatic rings. The predicted molar refractivity (Wildman–Crippen MR) is 86.1 cm³/mol. The molecule has 2 fully saturated rings. The van der Waals surface area contributed by atoms with Gasteiger partial charge in [0, 0.05) is 11.7 Å². The fraction of sp³-hybridized carbons (Fsp3) is 0.611. The van der Waals surface area contributed by atoms with Crippen molar-refractivity contribution < 1.29 is 4.79 Å². The standard InChI is InChI=1S/C18H26N2O/c1-17(2)13-9-10-18(17,3)15(11-13)20-16(21)12-19-14-7-5-4-6-8-14/h4-8,13,15,19H,9-12H2,1-3H3,(H,20,21). The normalized spacial score (nSPS) is 32.9. The van der Waals surface area contributed by atoms with Gasteiger partial charge in [-0.2, -0.15) is 0 Å². The Balaban J connectivity index is 1.57. The van der Waals surface area contributed by atoms with Gasteiger partial charge in [-0.25, -0.2) is 0 Å². The Morgan fingerprint density at radius 3 is 2.52 bits per heavy atom. The Morgan fingerprint density at radius 1 is 1.24 bits per heavy atom. The lowest BCUT2D eigenvalue weighted by Gasteiger charge is -2.39. The Kier molecular flexibility index (Phi) is 3.46. The van der Waals surface area contributed by atoms with Gasteiger partial charge in [-0.15, -0.1) is 0 Å². The van der Waals surface area contributed by atoms with Crippen molar-refractivity contribution in [1.82, 2.24) is 5.32 Å². The largest absolute Gasteiger partial charge is 0.376 e. The molecule has 21 heavy (non-hydrogen) atoms. The van der Waals surface area contributed by atoms with Gasteiger partial charge in [0.1, 0.15) is 0 Å². The average molecular weight is 286 g/mol. The summed E-state index contributed by atoms with van der Waals surface area (Å²) in [5.74, 6) is 0.864. The van der Waals surface area contributed by atoms with Gasteiger partial charge in [0.2, 0.25) is 5.91 Å². The zero-order chi connectivity index (χ0) is 15.1. The lowest BCUT2D eigenvalue weighted by molar-refractivity contribution is -0.121. The summed E-state index contributed by atoms with van der Waals surface area (Å²) >= 11 is 0. The van der Waals surface area contributed by atoms with Crippen LogP contribution in [0.3, 0.4) is 0 Å². The van der Waals surface area contributed by atoms with Crippen LogP contribution < -0.4 is 10.6 Å². The molecule has 1 aromatic carbocycles. The summed E-state index contributed by atoms with van der Waals surface area (Å²) in [6.45, 7) is 7.45. The minimum absolute atomic E-state index is 0.105. The second-order valence-electron chi connectivity index (χ2n) is 7.45. The van der Waals surface area contributed by atoms with Crippen molar-refractivity contribution in [2.24, 2.45) is 16.7 Å². The molecule has 3 atom stereocenters. The topological polar surface area (TPSA) is 41.1 Å². The van der Waals surface area contributed by atoms with Gasteiger partial charge in [0.15, 0.2) is 0 Å². The van der Waals surface area contributed by atoms with Gasteiger partial charge in [-0.05, 0) is 48.1 Å². The Morgan fingerprint density at radius 2 is 1.95 bits per heavy atom. The number of para-hydroxylation sites is 1. The van der Waals surface area contributed by atoms with Crippen LogP contribution in [-0.2, 0) is 4.79 Å². The molecule has 0 saturated heterocycles. The summed E-state index contributed by atoms with van der Waals surface area (Å²) in [6, 6.07) is 10.2. The molecule has 2 bridgehead atoms. The van der Waals surface area contributed by atoms with Crippen LogP contribution >= 0.6 is 0 Å². The quantitative estimate of drug-likeness (QED) is 0.890. The van der Waals surface area contributed by atoms with E-state index in [1.54, 1.807) is 0 Å². The predicted octanol–water partition coefficient (Wildman–Crippen LogP) is 3.43. The van der Waals surface area contributed by atoms with Crippen molar-refractivity contribution in [3.63, 3.8) is 0 Å². The van der Waals surface area contributed by atoms with Crippen molar-refractivity contribution in [3.8, 4) is 0 Å². The molecule has 0 radical (unpaired) electrons. The number of carbonyl (C=O) groups is 1. The van der Waals surface area contributed by atoms with E-state index in [1.807, 2.05) is 30.3 Å². The first kappa shape index (κ1) is 14.4. The fourth-order valence-corrected chi connectivity index (χ4v) is 4.41. The molecule has 0 aliphatic heterocycles. The van der Waals surface area contributed by atoms with E-state index in [4.69, 9.17) is 0 Å². The van der Waals surface area contributed by atoms with E-state index in [0.29, 0.717) is 18.0 Å². The van der Waals surface area contributed by atoms with E-state index in [1.165, 1.54) is 12.8 Å². The van der Waals surface area contributed by atoms with Crippen LogP contribution in [0.4, 0.5) is 5.69 Å². The minimum Gasteiger partial charge on any atom is -0.376 e. The zero-order valence-electron chi connectivity index (χ0n) is 13.3. The summed E-state index contributed by atoms with van der Waals surface area (Å²) in [7, 11) is 0. The van der Waals surface area contributed by atoms with Crippen molar-refractivity contribution in [1.29, 1.82) is 0 Å². The molecule has 3 nitrogen and oxygen atoms in total. The van der Waals surface area contributed by atoms with Crippen LogP contribution in [0.15, 0.2) is 30.3 Å². The smallest absolute Gasteiger partial charge is 0.239 e. The van der Waals surface area contributed by atoms with E-state index in [0.717, 1.165) is 18.0 Å². The van der Waals surface area contributed by atoms with Crippen LogP contribution in [0.1, 0.15) is 40.0 Å². The van der Waals surface area contributed by atoms with Crippen molar-refractivity contribution in [2.75, 3.05) is 11.9 Å². The van der Waals surface area contributed by atoms with E-state index < -0.39 is 0 Å². The number of nitrogens with one attached hydrogen (secondary N) is 2. The lowest BCUT2D eigenvalue weighted by Crippen LogP contribution is -2.48. The molecular weight excluding hydrogens is 260 g/mol. The maximum atomic E-state index is 12.2. The number of fused-ring (bicyclic) bond motifs is 2. The number of anilines is 1. The first-order valence-corrected chi connectivity index (χ1v) is 8.02. The number of hydrogen-bond acceptors (Lipinski definition) is 2. The van der Waals surface area contributed by atoms with Crippen LogP contribution in [0.2, 0.25) is 0 Å². The van der Waals surface area contributed by atoms with Crippen LogP contribution in [0, 0.1) is 16.7 Å². The molecule has 3 heteroatoms. The Bertz CT molecular complexity index is 525. The van der Waals surface area contributed by atoms with Crippen molar-refractivity contribution in [2.45, 2.75) is 46.1 Å². The highest BCUT2D eigenvalue weighted by Gasteiger charge is 2.61. The second kappa shape index (κ2) is 5.04. The van der Waals surface area contributed by atoms with Gasteiger partial charge in [-0.3, -0.25) is 4.79 Å². The zero-order valence-corrected chi connectivity index (χ0v) is 13.3. The van der Waals surface area contributed by atoms with Gasteiger partial charge in [0.05, 0.1) is 6.54 Å². The van der Waals surface area contributed by atoms with Crippen molar-refractivity contribution in [3.05, 3.63) is 30.3 Å². The summed E-state index contributed by atoms with van der Waals surface area (Å²) in [4.78, 5) is 12.2. The van der Waals surface area contributed by atoms with Gasteiger partial charge < -0.3 is 10.6 Å². The number of amides is 1. The third-order valence-electron chi connectivity index (χ3n) is 6.36. The first-order valence-electron chi connectivity index (χ1n) is 8.02. The molecule has 3 rings (SSSR count). The highest BCUT2D eigenvalue weighted by molar-refractivity contribution is 5.81. The molecule has 114 valence electrons. The number of rotatable bonds is 4. The number of benzene rings is 1. The van der Waals surface area contributed by atoms with Gasteiger partial charge >= 0.3 is 0 Å². The Labute approximate surface area is 127 Å². The highest BCUT2D eigenvalue weighted by Crippen LogP contribution is 2.65. The SMILES string of the molecule is CC1(C)C2CCC1(C)C(NC(=O)CNc1ccccc1)C2. The lowest BCUT2D eigenvalue weighted by atomic mass is 9.69. The third-order valence-corrected chi connectivity index (χ3v) is 6.36. The monoisotopic (exact) mass is 286 g/mol. The molecule has 3 unspecified atom stereocenters. The molecule has 2 aliphatic carbocycles. The number of hydrogen-bond donors (Lipinski definition) is 2. The van der Waals surface area contributed by atoms with Crippen LogP contribution in [0.25, 0.3) is 0 Å². The summed E-state index contributed by atoms with van der Waals surface area (Å²) in [5.41, 5.74) is 1.59. The number of carbonyl (C=O) groups excluding carboxylic acids is 1. The van der Waals surface area contributed by atoms with E-state index in [2.05, 4.69) is 31.4 Å². The van der Waals surface area contributed by atoms with Crippen molar-refractivity contribution >= 4 is 11.6 Å². The highest BCUT2D eigenvalue weighted by atomic mass is 16.2. The molecule has 0 aromatic heterocycles. The molecule has 0 heterocycles. The summed E-state index contributed by atoms with van der Waals surface area (Å²) in [5, 5.41) is 6.46. The maximum Gasteiger partial charge on any atom is 0.239 e. The third kappa shape index (κ3) is 2.33. The van der Waals surface area contributed by atoms with E-state index in [-0.39, 0.29) is 11.3 Å². The van der Waals surface area contributed by atoms with Gasteiger partial charge in [-0.1, -0.05) is 39.0 Å². The second-order valence-corrected chi connectivity index (χ2v) is 7.45. The molecular formula is C18H26N2O. The summed E-state index contributed by atoms with van der Waals surface area (Å²) < 4.78 is 0. The Hall–Kier alpha value is -1.51. The molecule has 1 amide bonds. The molecule has 2 saturated carbocycles. The fourth-order valence-electron chi connectivity index (χ4n) is 4.41. The van der Waals surface area contributed by atoms with Gasteiger partial charge in [0.25, 0.3) is 0 Å². The first-order chi connectivity index (χ1) is 9.93. The van der Waals surface area contributed by atoms with Crippen LogP contribution in [0.5, 0.6) is 0 Å². The molecule has 0 spiro atoms. The molecule has 1 aromatic rings. The summed E-state index contributed by atoms with van der Waals surface area (Å²) in [6.07, 6.45) is 3.69. The van der Waals surface area contributed by atoms with Crippen LogP contribution in [-0.4, -0.2) is 18.5 Å².